The first-order valence-corrected chi connectivity index (χ1v) is 8.02. The first-order chi connectivity index (χ1) is 10.1. The molecule has 3 rings (SSSR count). The summed E-state index contributed by atoms with van der Waals surface area (Å²) in [5, 5.41) is 9.98. The van der Waals surface area contributed by atoms with Crippen LogP contribution in [0.25, 0.3) is 0 Å². The Morgan fingerprint density at radius 3 is 2.81 bits per heavy atom. The molecule has 2 N–H and O–H groups in total. The average Bonchev–Trinajstić information content (AvgIpc) is 3.04. The Labute approximate surface area is 132 Å². The predicted molar refractivity (Wildman–Crippen MR) is 86.8 cm³/mol. The Balaban J connectivity index is 1.80. The fourth-order valence-electron chi connectivity index (χ4n) is 2.71. The molecule has 2 aromatic rings. The van der Waals surface area contributed by atoms with Gasteiger partial charge in [0.15, 0.2) is 5.69 Å². The first-order valence-electron chi connectivity index (χ1n) is 7.23. The standard InChI is InChI=1S/C16H18BrN3O/c1-9(2)14-13(17)15(20-19-14)16(21)18-12-7-6-10-4-3-5-11(10)8-12/h6-9H,3-5H2,1-2H3,(H,18,21)(H,19,20). The summed E-state index contributed by atoms with van der Waals surface area (Å²) in [7, 11) is 0. The molecule has 0 unspecified atom stereocenters. The number of fused-ring (bicyclic) bond motifs is 1. The Bertz CT molecular complexity index is 691. The van der Waals surface area contributed by atoms with Crippen LogP contribution in [0.3, 0.4) is 0 Å². The van der Waals surface area contributed by atoms with Crippen LogP contribution in [0.2, 0.25) is 0 Å². The zero-order valence-electron chi connectivity index (χ0n) is 12.2. The number of amides is 1. The quantitative estimate of drug-likeness (QED) is 0.880. The van der Waals surface area contributed by atoms with Crippen LogP contribution in [0.15, 0.2) is 22.7 Å². The zero-order valence-corrected chi connectivity index (χ0v) is 13.8. The maximum atomic E-state index is 12.3. The van der Waals surface area contributed by atoms with Crippen LogP contribution in [0.1, 0.15) is 53.5 Å². The number of nitrogens with one attached hydrogen (secondary N) is 2. The smallest absolute Gasteiger partial charge is 0.277 e. The second-order valence-electron chi connectivity index (χ2n) is 5.75. The van der Waals surface area contributed by atoms with Gasteiger partial charge in [-0.15, -0.1) is 0 Å². The number of aromatic nitrogens is 2. The normalized spacial score (nSPS) is 13.5. The van der Waals surface area contributed by atoms with Crippen molar-refractivity contribution >= 4 is 27.5 Å². The van der Waals surface area contributed by atoms with Gasteiger partial charge in [-0.2, -0.15) is 5.10 Å². The molecule has 1 aliphatic rings. The molecular formula is C16H18BrN3O. The van der Waals surface area contributed by atoms with E-state index in [1.165, 1.54) is 17.5 Å². The van der Waals surface area contributed by atoms with Crippen LogP contribution >= 0.6 is 15.9 Å². The summed E-state index contributed by atoms with van der Waals surface area (Å²) in [6.07, 6.45) is 3.45. The van der Waals surface area contributed by atoms with Crippen molar-refractivity contribution < 1.29 is 4.79 Å². The molecule has 21 heavy (non-hydrogen) atoms. The topological polar surface area (TPSA) is 57.8 Å². The molecule has 0 bridgehead atoms. The fraction of sp³-hybridized carbons (Fsp3) is 0.375. The number of aromatic amines is 1. The molecule has 0 radical (unpaired) electrons. The van der Waals surface area contributed by atoms with E-state index in [-0.39, 0.29) is 11.8 Å². The Kier molecular flexibility index (Phi) is 3.85. The molecule has 1 aromatic heterocycles. The minimum atomic E-state index is -0.192. The maximum absolute atomic E-state index is 12.3. The van der Waals surface area contributed by atoms with E-state index in [0.29, 0.717) is 5.69 Å². The van der Waals surface area contributed by atoms with Crippen molar-refractivity contribution in [2.24, 2.45) is 0 Å². The first kappa shape index (κ1) is 14.3. The molecule has 5 heteroatoms. The number of H-pyrrole nitrogens is 1. The van der Waals surface area contributed by atoms with Crippen LogP contribution in [0.5, 0.6) is 0 Å². The molecule has 0 saturated carbocycles. The van der Waals surface area contributed by atoms with E-state index in [2.05, 4.69) is 57.4 Å². The molecule has 110 valence electrons. The second kappa shape index (κ2) is 5.64. The van der Waals surface area contributed by atoms with Crippen LogP contribution < -0.4 is 5.32 Å². The highest BCUT2D eigenvalue weighted by atomic mass is 79.9. The molecule has 0 atom stereocenters. The molecule has 1 aliphatic carbocycles. The van der Waals surface area contributed by atoms with Crippen molar-refractivity contribution in [1.82, 2.24) is 10.2 Å². The Morgan fingerprint density at radius 2 is 2.10 bits per heavy atom. The van der Waals surface area contributed by atoms with Gasteiger partial charge in [-0.05, 0) is 64.4 Å². The predicted octanol–water partition coefficient (Wildman–Crippen LogP) is 4.04. The number of anilines is 1. The average molecular weight is 348 g/mol. The van der Waals surface area contributed by atoms with Crippen molar-refractivity contribution in [2.75, 3.05) is 5.32 Å². The lowest BCUT2D eigenvalue weighted by molar-refractivity contribution is 0.102. The number of carbonyl (C=O) groups excluding carboxylic acids is 1. The van der Waals surface area contributed by atoms with Gasteiger partial charge in [0.1, 0.15) is 0 Å². The highest BCUT2D eigenvalue weighted by Gasteiger charge is 2.20. The van der Waals surface area contributed by atoms with Gasteiger partial charge in [0.25, 0.3) is 5.91 Å². The lowest BCUT2D eigenvalue weighted by Gasteiger charge is -2.07. The number of carbonyl (C=O) groups is 1. The van der Waals surface area contributed by atoms with Gasteiger partial charge in [-0.1, -0.05) is 19.9 Å². The van der Waals surface area contributed by atoms with Gasteiger partial charge in [-0.25, -0.2) is 0 Å². The number of nitrogens with zero attached hydrogens (tertiary/aromatic N) is 1. The summed E-state index contributed by atoms with van der Waals surface area (Å²) in [4.78, 5) is 12.3. The Morgan fingerprint density at radius 1 is 1.33 bits per heavy atom. The minimum absolute atomic E-state index is 0.192. The van der Waals surface area contributed by atoms with Crippen LogP contribution in [-0.2, 0) is 12.8 Å². The van der Waals surface area contributed by atoms with Gasteiger partial charge >= 0.3 is 0 Å². The van der Waals surface area contributed by atoms with Gasteiger partial charge in [0.05, 0.1) is 10.2 Å². The fourth-order valence-corrected chi connectivity index (χ4v) is 3.53. The van der Waals surface area contributed by atoms with Gasteiger partial charge in [0.2, 0.25) is 0 Å². The van der Waals surface area contributed by atoms with E-state index >= 15 is 0 Å². The third-order valence-corrected chi connectivity index (χ3v) is 4.68. The molecule has 0 fully saturated rings. The third-order valence-electron chi connectivity index (χ3n) is 3.88. The van der Waals surface area contributed by atoms with Crippen LogP contribution in [0, 0.1) is 0 Å². The number of hydrogen-bond acceptors (Lipinski definition) is 2. The van der Waals surface area contributed by atoms with Crippen LogP contribution in [0.4, 0.5) is 5.69 Å². The molecule has 0 saturated heterocycles. The van der Waals surface area contributed by atoms with E-state index in [9.17, 15) is 4.79 Å². The molecule has 1 aromatic carbocycles. The van der Waals surface area contributed by atoms with Crippen molar-refractivity contribution in [3.8, 4) is 0 Å². The number of hydrogen-bond donors (Lipinski definition) is 2. The van der Waals surface area contributed by atoms with Crippen molar-refractivity contribution in [3.05, 3.63) is 45.2 Å². The summed E-state index contributed by atoms with van der Waals surface area (Å²) in [5.41, 5.74) is 4.92. The van der Waals surface area contributed by atoms with Gasteiger partial charge < -0.3 is 5.32 Å². The molecular weight excluding hydrogens is 330 g/mol. The zero-order chi connectivity index (χ0) is 15.0. The second-order valence-corrected chi connectivity index (χ2v) is 6.54. The summed E-state index contributed by atoms with van der Waals surface area (Å²) in [6.45, 7) is 4.11. The van der Waals surface area contributed by atoms with Crippen LogP contribution in [-0.4, -0.2) is 16.1 Å². The SMILES string of the molecule is CC(C)c1[nH]nc(C(=O)Nc2ccc3c(c2)CCC3)c1Br. The summed E-state index contributed by atoms with van der Waals surface area (Å²) < 4.78 is 0.746. The lowest BCUT2D eigenvalue weighted by atomic mass is 10.1. The summed E-state index contributed by atoms with van der Waals surface area (Å²) in [6, 6.07) is 6.15. The highest BCUT2D eigenvalue weighted by molar-refractivity contribution is 9.10. The third kappa shape index (κ3) is 2.75. The maximum Gasteiger partial charge on any atom is 0.277 e. The monoisotopic (exact) mass is 347 g/mol. The van der Waals surface area contributed by atoms with Crippen molar-refractivity contribution in [2.45, 2.75) is 39.0 Å². The van der Waals surface area contributed by atoms with E-state index < -0.39 is 0 Å². The van der Waals surface area contributed by atoms with E-state index in [4.69, 9.17) is 0 Å². The summed E-state index contributed by atoms with van der Waals surface area (Å²) >= 11 is 3.46. The van der Waals surface area contributed by atoms with E-state index in [0.717, 1.165) is 28.7 Å². The molecule has 1 amide bonds. The van der Waals surface area contributed by atoms with Gasteiger partial charge in [-0.3, -0.25) is 9.89 Å². The molecule has 0 aliphatic heterocycles. The lowest BCUT2D eigenvalue weighted by Crippen LogP contribution is -2.13. The Hall–Kier alpha value is -1.62. The van der Waals surface area contributed by atoms with E-state index in [1.807, 2.05) is 6.07 Å². The minimum Gasteiger partial charge on any atom is -0.321 e. The number of rotatable bonds is 3. The number of benzene rings is 1. The van der Waals surface area contributed by atoms with E-state index in [1.54, 1.807) is 0 Å². The number of halogens is 1. The molecule has 1 heterocycles. The molecule has 0 spiro atoms. The van der Waals surface area contributed by atoms with Crippen molar-refractivity contribution in [3.63, 3.8) is 0 Å². The molecule has 4 nitrogen and oxygen atoms in total. The highest BCUT2D eigenvalue weighted by Crippen LogP contribution is 2.28. The number of aryl methyl sites for hydroxylation is 2. The van der Waals surface area contributed by atoms with Gasteiger partial charge in [0, 0.05) is 5.69 Å². The summed E-state index contributed by atoms with van der Waals surface area (Å²) in [5.74, 6) is 0.0939. The largest absolute Gasteiger partial charge is 0.321 e. The van der Waals surface area contributed by atoms with Crippen molar-refractivity contribution in [1.29, 1.82) is 0 Å².